The van der Waals surface area contributed by atoms with Crippen LogP contribution in [0.3, 0.4) is 0 Å². The lowest BCUT2D eigenvalue weighted by Crippen LogP contribution is -2.32. The van der Waals surface area contributed by atoms with Gasteiger partial charge in [0, 0.05) is 13.1 Å². The highest BCUT2D eigenvalue weighted by atomic mass is 16.5. The van der Waals surface area contributed by atoms with Gasteiger partial charge < -0.3 is 14.7 Å². The standard InChI is InChI=1S/C14H19NO3/c1-11(16)12-4-6-13(7-5-12)18-10-14(17)15-8-2-3-9-15/h4-7,11,16H,2-3,8-10H2,1H3. The number of benzene rings is 1. The van der Waals surface area contributed by atoms with Crippen molar-refractivity contribution < 1.29 is 14.6 Å². The van der Waals surface area contributed by atoms with E-state index < -0.39 is 6.10 Å². The number of amides is 1. The van der Waals surface area contributed by atoms with Crippen molar-refractivity contribution in [3.63, 3.8) is 0 Å². The van der Waals surface area contributed by atoms with Crippen molar-refractivity contribution in [2.24, 2.45) is 0 Å². The number of nitrogens with zero attached hydrogens (tertiary/aromatic N) is 1. The summed E-state index contributed by atoms with van der Waals surface area (Å²) in [7, 11) is 0. The molecule has 4 nitrogen and oxygen atoms in total. The molecular formula is C14H19NO3. The highest BCUT2D eigenvalue weighted by molar-refractivity contribution is 5.78. The Morgan fingerprint density at radius 2 is 1.94 bits per heavy atom. The van der Waals surface area contributed by atoms with Crippen molar-refractivity contribution in [3.8, 4) is 5.75 Å². The Morgan fingerprint density at radius 1 is 1.33 bits per heavy atom. The van der Waals surface area contributed by atoms with E-state index in [0.29, 0.717) is 5.75 Å². The largest absolute Gasteiger partial charge is 0.484 e. The second kappa shape index (κ2) is 5.87. The first-order chi connectivity index (χ1) is 8.66. The summed E-state index contributed by atoms with van der Waals surface area (Å²) in [6.07, 6.45) is 1.70. The lowest BCUT2D eigenvalue weighted by molar-refractivity contribution is -0.132. The fourth-order valence-corrected chi connectivity index (χ4v) is 2.05. The minimum atomic E-state index is -0.481. The number of ether oxygens (including phenoxy) is 1. The van der Waals surface area contributed by atoms with Crippen LogP contribution in [0.5, 0.6) is 5.75 Å². The van der Waals surface area contributed by atoms with Gasteiger partial charge in [0.25, 0.3) is 5.91 Å². The molecule has 1 amide bonds. The van der Waals surface area contributed by atoms with Gasteiger partial charge in [-0.25, -0.2) is 0 Å². The number of hydrogen-bond acceptors (Lipinski definition) is 3. The number of aliphatic hydroxyl groups excluding tert-OH is 1. The molecule has 1 fully saturated rings. The van der Waals surface area contributed by atoms with Crippen LogP contribution in [0.1, 0.15) is 31.4 Å². The molecule has 1 aliphatic rings. The van der Waals surface area contributed by atoms with Gasteiger partial charge in [0.15, 0.2) is 6.61 Å². The molecule has 0 radical (unpaired) electrons. The summed E-state index contributed by atoms with van der Waals surface area (Å²) < 4.78 is 5.44. The molecule has 1 unspecified atom stereocenters. The fraction of sp³-hybridized carbons (Fsp3) is 0.500. The molecule has 2 rings (SSSR count). The summed E-state index contributed by atoms with van der Waals surface area (Å²) in [5.41, 5.74) is 0.841. The van der Waals surface area contributed by atoms with Gasteiger partial charge in [0.2, 0.25) is 0 Å². The molecule has 4 heteroatoms. The van der Waals surface area contributed by atoms with Crippen molar-refractivity contribution in [3.05, 3.63) is 29.8 Å². The summed E-state index contributed by atoms with van der Waals surface area (Å²) in [5.74, 6) is 0.707. The van der Waals surface area contributed by atoms with Crippen molar-refractivity contribution in [1.29, 1.82) is 0 Å². The van der Waals surface area contributed by atoms with Gasteiger partial charge in [-0.05, 0) is 37.5 Å². The third kappa shape index (κ3) is 3.23. The topological polar surface area (TPSA) is 49.8 Å². The number of likely N-dealkylation sites (tertiary alicyclic amines) is 1. The second-order valence-electron chi connectivity index (χ2n) is 4.62. The summed E-state index contributed by atoms with van der Waals surface area (Å²) in [4.78, 5) is 13.6. The molecule has 1 atom stereocenters. The summed E-state index contributed by atoms with van der Waals surface area (Å²) in [6.45, 7) is 3.51. The van der Waals surface area contributed by atoms with Gasteiger partial charge in [-0.15, -0.1) is 0 Å². The van der Waals surface area contributed by atoms with Crippen LogP contribution in [-0.2, 0) is 4.79 Å². The number of carbonyl (C=O) groups excluding carboxylic acids is 1. The van der Waals surface area contributed by atoms with Crippen LogP contribution in [0.4, 0.5) is 0 Å². The van der Waals surface area contributed by atoms with E-state index in [1.54, 1.807) is 31.2 Å². The molecule has 0 bridgehead atoms. The molecule has 0 spiro atoms. The lowest BCUT2D eigenvalue weighted by atomic mass is 10.1. The SMILES string of the molecule is CC(O)c1ccc(OCC(=O)N2CCCC2)cc1. The molecule has 1 aromatic rings. The second-order valence-corrected chi connectivity index (χ2v) is 4.62. The molecule has 0 aromatic heterocycles. The Kier molecular flexibility index (Phi) is 4.20. The Hall–Kier alpha value is -1.55. The van der Waals surface area contributed by atoms with Crippen LogP contribution in [0.2, 0.25) is 0 Å². The maximum atomic E-state index is 11.8. The molecular weight excluding hydrogens is 230 g/mol. The van der Waals surface area contributed by atoms with E-state index in [0.717, 1.165) is 31.5 Å². The number of carbonyl (C=O) groups is 1. The minimum absolute atomic E-state index is 0.0482. The molecule has 0 aliphatic carbocycles. The highest BCUT2D eigenvalue weighted by Gasteiger charge is 2.17. The highest BCUT2D eigenvalue weighted by Crippen LogP contribution is 2.17. The van der Waals surface area contributed by atoms with E-state index in [2.05, 4.69) is 0 Å². The predicted octanol–water partition coefficient (Wildman–Crippen LogP) is 1.74. The number of hydrogen-bond donors (Lipinski definition) is 1. The Balaban J connectivity index is 1.84. The molecule has 1 aromatic carbocycles. The molecule has 1 aliphatic heterocycles. The lowest BCUT2D eigenvalue weighted by Gasteiger charge is -2.15. The summed E-state index contributed by atoms with van der Waals surface area (Å²) >= 11 is 0. The van der Waals surface area contributed by atoms with Crippen LogP contribution in [0.25, 0.3) is 0 Å². The maximum Gasteiger partial charge on any atom is 0.260 e. The monoisotopic (exact) mass is 249 g/mol. The van der Waals surface area contributed by atoms with Crippen LogP contribution in [0.15, 0.2) is 24.3 Å². The number of rotatable bonds is 4. The normalized spacial score (nSPS) is 16.7. The van der Waals surface area contributed by atoms with Gasteiger partial charge in [0.05, 0.1) is 6.10 Å². The van der Waals surface area contributed by atoms with Gasteiger partial charge in [0.1, 0.15) is 5.75 Å². The minimum Gasteiger partial charge on any atom is -0.484 e. The fourth-order valence-electron chi connectivity index (χ4n) is 2.05. The van der Waals surface area contributed by atoms with Crippen LogP contribution >= 0.6 is 0 Å². The van der Waals surface area contributed by atoms with Crippen molar-refractivity contribution in [1.82, 2.24) is 4.90 Å². The zero-order valence-electron chi connectivity index (χ0n) is 10.6. The van der Waals surface area contributed by atoms with Gasteiger partial charge >= 0.3 is 0 Å². The first-order valence-corrected chi connectivity index (χ1v) is 6.35. The molecule has 1 N–H and O–H groups in total. The Labute approximate surface area is 107 Å². The average molecular weight is 249 g/mol. The number of aliphatic hydroxyl groups is 1. The van der Waals surface area contributed by atoms with Gasteiger partial charge in [-0.2, -0.15) is 0 Å². The van der Waals surface area contributed by atoms with Gasteiger partial charge in [-0.1, -0.05) is 12.1 Å². The van der Waals surface area contributed by atoms with E-state index in [4.69, 9.17) is 4.74 Å². The predicted molar refractivity (Wildman–Crippen MR) is 68.4 cm³/mol. The zero-order valence-corrected chi connectivity index (χ0v) is 10.6. The summed E-state index contributed by atoms with van der Waals surface area (Å²) in [6, 6.07) is 7.17. The van der Waals surface area contributed by atoms with E-state index in [1.807, 2.05) is 4.90 Å². The maximum absolute atomic E-state index is 11.8. The zero-order chi connectivity index (χ0) is 13.0. The smallest absolute Gasteiger partial charge is 0.260 e. The molecule has 0 saturated carbocycles. The molecule has 1 saturated heterocycles. The molecule has 1 heterocycles. The van der Waals surface area contributed by atoms with Crippen molar-refractivity contribution in [2.75, 3.05) is 19.7 Å². The van der Waals surface area contributed by atoms with Crippen molar-refractivity contribution in [2.45, 2.75) is 25.9 Å². The van der Waals surface area contributed by atoms with E-state index in [9.17, 15) is 9.90 Å². The molecule has 98 valence electrons. The third-order valence-corrected chi connectivity index (χ3v) is 3.18. The summed E-state index contributed by atoms with van der Waals surface area (Å²) in [5, 5.41) is 9.37. The first-order valence-electron chi connectivity index (χ1n) is 6.35. The van der Waals surface area contributed by atoms with E-state index >= 15 is 0 Å². The van der Waals surface area contributed by atoms with Crippen LogP contribution < -0.4 is 4.74 Å². The van der Waals surface area contributed by atoms with E-state index in [-0.39, 0.29) is 12.5 Å². The Bertz CT molecular complexity index is 394. The van der Waals surface area contributed by atoms with E-state index in [1.165, 1.54) is 0 Å². The Morgan fingerprint density at radius 3 is 2.50 bits per heavy atom. The van der Waals surface area contributed by atoms with Crippen molar-refractivity contribution >= 4 is 5.91 Å². The average Bonchev–Trinajstić information content (AvgIpc) is 2.90. The quantitative estimate of drug-likeness (QED) is 0.884. The van der Waals surface area contributed by atoms with Gasteiger partial charge in [-0.3, -0.25) is 4.79 Å². The molecule has 18 heavy (non-hydrogen) atoms. The van der Waals surface area contributed by atoms with Crippen LogP contribution in [-0.4, -0.2) is 35.6 Å². The first kappa shape index (κ1) is 12.9. The third-order valence-electron chi connectivity index (χ3n) is 3.18. The van der Waals surface area contributed by atoms with Crippen LogP contribution in [0, 0.1) is 0 Å².